The molecular weight excluding hydrogens is 1280 g/mol. The number of rotatable bonds is 16. The molecule has 0 aromatic rings. The van der Waals surface area contributed by atoms with Gasteiger partial charge in [0.2, 0.25) is 6.29 Å². The van der Waals surface area contributed by atoms with Gasteiger partial charge in [-0.05, 0) is 117 Å². The van der Waals surface area contributed by atoms with E-state index in [1.807, 2.05) is 6.92 Å². The monoisotopic (exact) mass is 1380 g/mol. The molecule has 38 atom stereocenters. The van der Waals surface area contributed by atoms with Crippen LogP contribution < -0.4 is 0 Å². The lowest BCUT2D eigenvalue weighted by atomic mass is 9.33. The van der Waals surface area contributed by atoms with Gasteiger partial charge >= 0.3 is 5.97 Å². The predicted molar refractivity (Wildman–Crippen MR) is 321 cm³/mol. The summed E-state index contributed by atoms with van der Waals surface area (Å²) in [6, 6.07) is 0. The zero-order chi connectivity index (χ0) is 70.0. The maximum absolute atomic E-state index is 15.3. The van der Waals surface area contributed by atoms with Crippen molar-refractivity contribution >= 4 is 5.97 Å². The fraction of sp³-hybridized carbons (Fsp3) is 0.954. The highest BCUT2D eigenvalue weighted by Gasteiger charge is 2.71. The third-order valence-electron chi connectivity index (χ3n) is 25.3. The van der Waals surface area contributed by atoms with E-state index in [0.29, 0.717) is 57.8 Å². The van der Waals surface area contributed by atoms with Crippen LogP contribution in [0.5, 0.6) is 0 Å². The SMILES string of the molecule is CC1OC(OC2C(CO)OC(OCC3OC(OC(=O)C45CCC(C)(C)CC4C4=CCC6C7(C)CCC(OC8OCC(O)C(O)C8OC8OC(C)C(O)C(O)C8OC8OC(CO)C(O)C(O)C8O)C(C)(CO)C7CCC6(C)C4(C)CC5)C(O)C(O)C3O)C(O)C2O)C(O)C(O)C1O. The molecule has 0 spiro atoms. The standard InChI is InChI=1S/C65H106O31/c1-25-36(70)41(75)46(80)54(87-25)93-50-31(21-67)90-53(49(83)45(50)79)86-23-32-40(74)43(77)48(82)56(91-32)96-59(84)65-17-15-60(3,4)19-28(65)27-9-10-34-61(5)13-12-35(62(6,24-68)33(61)11-14-64(34,8)63(27,7)16-18-65)92-57-51(38(72)29(69)22-85-57)95-58-52(44(78)37(71)26(2)88-58)94-55-47(81)42(76)39(73)30(20-66)89-55/h9,25-26,28-58,66-83H,10-24H2,1-8H3. The molecule has 0 aromatic heterocycles. The van der Waals surface area contributed by atoms with Crippen molar-refractivity contribution in [1.29, 1.82) is 0 Å². The highest BCUT2D eigenvalue weighted by atomic mass is 16.8. The number of allylic oxidation sites excluding steroid dienone is 2. The summed E-state index contributed by atoms with van der Waals surface area (Å²) in [6.45, 7) is 13.1. The summed E-state index contributed by atoms with van der Waals surface area (Å²) in [7, 11) is 0. The first-order valence-electron chi connectivity index (χ1n) is 34.1. The Balaban J connectivity index is 0.780. The average molecular weight is 1380 g/mol. The van der Waals surface area contributed by atoms with Gasteiger partial charge in [0, 0.05) is 5.41 Å². The second-order valence-electron chi connectivity index (χ2n) is 31.3. The van der Waals surface area contributed by atoms with Crippen LogP contribution in [0.4, 0.5) is 0 Å². The van der Waals surface area contributed by atoms with Crippen LogP contribution in [0.2, 0.25) is 0 Å². The van der Waals surface area contributed by atoms with E-state index in [9.17, 15) is 91.9 Å². The molecule has 6 aliphatic heterocycles. The van der Waals surface area contributed by atoms with Gasteiger partial charge in [-0.2, -0.15) is 0 Å². The molecule has 96 heavy (non-hydrogen) atoms. The molecule has 11 aliphatic rings. The third-order valence-corrected chi connectivity index (χ3v) is 25.3. The van der Waals surface area contributed by atoms with Crippen molar-refractivity contribution in [1.82, 2.24) is 0 Å². The van der Waals surface area contributed by atoms with Gasteiger partial charge in [0.15, 0.2) is 31.5 Å². The minimum absolute atomic E-state index is 0.0534. The fourth-order valence-corrected chi connectivity index (χ4v) is 19.0. The van der Waals surface area contributed by atoms with Crippen molar-refractivity contribution in [3.8, 4) is 0 Å². The Labute approximate surface area is 556 Å². The van der Waals surface area contributed by atoms with Crippen molar-refractivity contribution in [2.45, 2.75) is 304 Å². The van der Waals surface area contributed by atoms with Gasteiger partial charge in [-0.1, -0.05) is 53.2 Å². The second kappa shape index (κ2) is 28.3. The maximum Gasteiger partial charge on any atom is 0.315 e. The van der Waals surface area contributed by atoms with E-state index in [1.54, 1.807) is 0 Å². The van der Waals surface area contributed by atoms with E-state index in [2.05, 4.69) is 40.7 Å². The molecule has 552 valence electrons. The Morgan fingerprint density at radius 2 is 1.03 bits per heavy atom. The lowest BCUT2D eigenvalue weighted by Gasteiger charge is -2.71. The van der Waals surface area contributed by atoms with Crippen LogP contribution in [0, 0.1) is 50.2 Å². The molecule has 31 nitrogen and oxygen atoms in total. The zero-order valence-corrected chi connectivity index (χ0v) is 55.6. The van der Waals surface area contributed by atoms with Gasteiger partial charge in [-0.15, -0.1) is 0 Å². The Hall–Kier alpha value is -1.95. The number of fused-ring (bicyclic) bond motifs is 7. The highest BCUT2D eigenvalue weighted by molar-refractivity contribution is 5.79. The molecule has 0 aromatic carbocycles. The molecule has 11 rings (SSSR count). The average Bonchev–Trinajstić information content (AvgIpc) is 0.676. The largest absolute Gasteiger partial charge is 0.432 e. The molecule has 5 aliphatic carbocycles. The summed E-state index contributed by atoms with van der Waals surface area (Å²) in [4.78, 5) is 15.3. The predicted octanol–water partition coefficient (Wildman–Crippen LogP) is -4.72. The van der Waals surface area contributed by atoms with Crippen LogP contribution in [-0.4, -0.2) is 315 Å². The van der Waals surface area contributed by atoms with E-state index in [1.165, 1.54) is 13.8 Å². The summed E-state index contributed by atoms with van der Waals surface area (Å²) >= 11 is 0. The second-order valence-corrected chi connectivity index (χ2v) is 31.3. The van der Waals surface area contributed by atoms with E-state index in [0.717, 1.165) is 12.0 Å². The summed E-state index contributed by atoms with van der Waals surface area (Å²) < 4.78 is 71.8. The molecule has 18 N–H and O–H groups in total. The lowest BCUT2D eigenvalue weighted by Crippen LogP contribution is -2.67. The summed E-state index contributed by atoms with van der Waals surface area (Å²) in [6.07, 6.45) is -40.6. The topological polar surface area (TPSA) is 492 Å². The van der Waals surface area contributed by atoms with Crippen molar-refractivity contribution in [3.05, 3.63) is 11.6 Å². The molecule has 4 saturated carbocycles. The number of ether oxygens (including phenoxy) is 12. The van der Waals surface area contributed by atoms with Gasteiger partial charge in [0.1, 0.15) is 128 Å². The summed E-state index contributed by atoms with van der Waals surface area (Å²) in [5.41, 5.74) is -2.35. The first-order chi connectivity index (χ1) is 45.1. The summed E-state index contributed by atoms with van der Waals surface area (Å²) in [5, 5.41) is 196. The molecule has 0 amide bonds. The van der Waals surface area contributed by atoms with Gasteiger partial charge in [0.25, 0.3) is 0 Å². The van der Waals surface area contributed by atoms with E-state index < -0.39 is 232 Å². The van der Waals surface area contributed by atoms with Crippen molar-refractivity contribution in [2.75, 3.05) is 33.0 Å². The van der Waals surface area contributed by atoms with Crippen LogP contribution in [-0.2, 0) is 61.6 Å². The minimum atomic E-state index is -1.93. The normalized spacial score (nSPS) is 55.1. The fourth-order valence-electron chi connectivity index (χ4n) is 19.0. The Bertz CT molecular complexity index is 2690. The molecule has 0 radical (unpaired) electrons. The van der Waals surface area contributed by atoms with Crippen LogP contribution in [0.15, 0.2) is 11.6 Å². The number of hydrogen-bond acceptors (Lipinski definition) is 31. The molecular formula is C65H106O31. The van der Waals surface area contributed by atoms with Crippen molar-refractivity contribution < 1.29 is 154 Å². The van der Waals surface area contributed by atoms with Gasteiger partial charge in [-0.25, -0.2) is 0 Å². The van der Waals surface area contributed by atoms with Gasteiger partial charge in [0.05, 0.1) is 56.8 Å². The molecule has 6 heterocycles. The van der Waals surface area contributed by atoms with E-state index in [4.69, 9.17) is 56.8 Å². The van der Waals surface area contributed by atoms with E-state index in [-0.39, 0.29) is 41.8 Å². The zero-order valence-electron chi connectivity index (χ0n) is 55.6. The first-order valence-corrected chi connectivity index (χ1v) is 34.1. The number of esters is 1. The van der Waals surface area contributed by atoms with Crippen LogP contribution >= 0.6 is 0 Å². The van der Waals surface area contributed by atoms with Crippen LogP contribution in [0.3, 0.4) is 0 Å². The highest BCUT2D eigenvalue weighted by Crippen LogP contribution is 2.76. The van der Waals surface area contributed by atoms with Crippen LogP contribution in [0.25, 0.3) is 0 Å². The van der Waals surface area contributed by atoms with Gasteiger partial charge in [-0.3, -0.25) is 4.79 Å². The minimum Gasteiger partial charge on any atom is -0.432 e. The maximum atomic E-state index is 15.3. The number of carbonyl (C=O) groups excluding carboxylic acids is 1. The van der Waals surface area contributed by atoms with Crippen molar-refractivity contribution in [2.24, 2.45) is 50.2 Å². The Morgan fingerprint density at radius 1 is 0.500 bits per heavy atom. The van der Waals surface area contributed by atoms with Gasteiger partial charge < -0.3 is 149 Å². The molecule has 31 heteroatoms. The Kier molecular flexibility index (Phi) is 22.1. The van der Waals surface area contributed by atoms with E-state index >= 15 is 4.79 Å². The third kappa shape index (κ3) is 12.8. The quantitative estimate of drug-likeness (QED) is 0.0392. The molecule has 0 bridgehead atoms. The number of aliphatic hydroxyl groups excluding tert-OH is 18. The summed E-state index contributed by atoms with van der Waals surface area (Å²) in [5.74, 6) is -1.08. The Morgan fingerprint density at radius 3 is 1.69 bits per heavy atom. The number of hydrogen-bond donors (Lipinski definition) is 18. The smallest absolute Gasteiger partial charge is 0.315 e. The van der Waals surface area contributed by atoms with Crippen molar-refractivity contribution in [3.63, 3.8) is 0 Å². The number of aliphatic hydroxyl groups is 18. The first kappa shape index (κ1) is 75.2. The molecule has 10 fully saturated rings. The van der Waals surface area contributed by atoms with Crippen LogP contribution in [0.1, 0.15) is 120 Å². The lowest BCUT2D eigenvalue weighted by molar-refractivity contribution is -0.391. The molecule has 38 unspecified atom stereocenters. The number of carbonyl (C=O) groups is 1. The molecule has 6 saturated heterocycles.